The topological polar surface area (TPSA) is 58.2 Å². The second-order valence-corrected chi connectivity index (χ2v) is 5.64. The van der Waals surface area contributed by atoms with Gasteiger partial charge >= 0.3 is 0 Å². The molecule has 0 bridgehead atoms. The van der Waals surface area contributed by atoms with Gasteiger partial charge in [-0.2, -0.15) is 0 Å². The van der Waals surface area contributed by atoms with Gasteiger partial charge in [0.25, 0.3) is 0 Å². The molecule has 0 fully saturated rings. The maximum absolute atomic E-state index is 12.1. The van der Waals surface area contributed by atoms with Crippen LogP contribution >= 0.6 is 11.6 Å². The molecule has 3 rings (SSSR count). The van der Waals surface area contributed by atoms with Crippen molar-refractivity contribution < 1.29 is 9.59 Å². The molecule has 2 amide bonds. The number of rotatable bonds is 3. The third kappa shape index (κ3) is 3.28. The Kier molecular flexibility index (Phi) is 4.11. The van der Waals surface area contributed by atoms with E-state index in [4.69, 9.17) is 11.6 Å². The van der Waals surface area contributed by atoms with E-state index in [0.717, 1.165) is 22.5 Å². The summed E-state index contributed by atoms with van der Waals surface area (Å²) in [5.41, 5.74) is 3.38. The molecule has 0 saturated heterocycles. The van der Waals surface area contributed by atoms with Crippen LogP contribution in [0.15, 0.2) is 42.5 Å². The Balaban J connectivity index is 1.70. The number of hydrogen-bond acceptors (Lipinski definition) is 2. The van der Waals surface area contributed by atoms with Crippen molar-refractivity contribution in [3.05, 3.63) is 58.6 Å². The largest absolute Gasteiger partial charge is 0.326 e. The molecule has 22 heavy (non-hydrogen) atoms. The van der Waals surface area contributed by atoms with Crippen LogP contribution < -0.4 is 10.6 Å². The molecule has 5 heteroatoms. The highest BCUT2D eigenvalue weighted by atomic mass is 35.5. The molecule has 1 aliphatic heterocycles. The molecule has 1 heterocycles. The lowest BCUT2D eigenvalue weighted by atomic mass is 10.0. The maximum Gasteiger partial charge on any atom is 0.228 e. The normalized spacial score (nSPS) is 13.2. The van der Waals surface area contributed by atoms with E-state index in [9.17, 15) is 9.59 Å². The van der Waals surface area contributed by atoms with Gasteiger partial charge in [0, 0.05) is 22.8 Å². The zero-order valence-electron chi connectivity index (χ0n) is 11.9. The second-order valence-electron chi connectivity index (χ2n) is 5.24. The van der Waals surface area contributed by atoms with Crippen molar-refractivity contribution in [2.75, 3.05) is 10.6 Å². The summed E-state index contributed by atoms with van der Waals surface area (Å²) in [5, 5.41) is 6.28. The monoisotopic (exact) mass is 314 g/mol. The van der Waals surface area contributed by atoms with E-state index in [-0.39, 0.29) is 18.2 Å². The van der Waals surface area contributed by atoms with Gasteiger partial charge in [-0.1, -0.05) is 29.8 Å². The summed E-state index contributed by atoms with van der Waals surface area (Å²) in [7, 11) is 0. The van der Waals surface area contributed by atoms with Gasteiger partial charge in [-0.15, -0.1) is 0 Å². The number of halogens is 1. The summed E-state index contributed by atoms with van der Waals surface area (Å²) < 4.78 is 0. The zero-order valence-corrected chi connectivity index (χ0v) is 12.6. The highest BCUT2D eigenvalue weighted by molar-refractivity contribution is 6.31. The lowest BCUT2D eigenvalue weighted by Gasteiger charge is -2.17. The van der Waals surface area contributed by atoms with Crippen molar-refractivity contribution in [2.24, 2.45) is 0 Å². The van der Waals surface area contributed by atoms with Crippen molar-refractivity contribution in [3.63, 3.8) is 0 Å². The number of aryl methyl sites for hydroxylation is 1. The highest BCUT2D eigenvalue weighted by Gasteiger charge is 2.15. The predicted octanol–water partition coefficient (Wildman–Crippen LogP) is 3.41. The van der Waals surface area contributed by atoms with Gasteiger partial charge in [-0.05, 0) is 41.8 Å². The zero-order chi connectivity index (χ0) is 15.5. The molecule has 0 saturated carbocycles. The molecule has 0 aromatic heterocycles. The number of hydrogen-bond donors (Lipinski definition) is 2. The predicted molar refractivity (Wildman–Crippen MR) is 87.2 cm³/mol. The fourth-order valence-corrected chi connectivity index (χ4v) is 2.68. The van der Waals surface area contributed by atoms with Crippen LogP contribution in [0.5, 0.6) is 0 Å². The molecule has 0 spiro atoms. The minimum absolute atomic E-state index is 0.0306. The first kappa shape index (κ1) is 14.6. The smallest absolute Gasteiger partial charge is 0.228 e. The van der Waals surface area contributed by atoms with Gasteiger partial charge in [-0.25, -0.2) is 0 Å². The lowest BCUT2D eigenvalue weighted by Crippen LogP contribution is -2.20. The first-order valence-electron chi connectivity index (χ1n) is 7.08. The van der Waals surface area contributed by atoms with E-state index in [1.807, 2.05) is 30.3 Å². The number of fused-ring (bicyclic) bond motifs is 1. The van der Waals surface area contributed by atoms with E-state index in [0.29, 0.717) is 17.9 Å². The van der Waals surface area contributed by atoms with Gasteiger partial charge in [0.1, 0.15) is 0 Å². The van der Waals surface area contributed by atoms with Crippen LogP contribution in [0, 0.1) is 0 Å². The SMILES string of the molecule is O=C(Cc1ccccc1Cl)Nc1ccc2c(c1)CCC(=O)N2. The Morgan fingerprint density at radius 1 is 1.18 bits per heavy atom. The summed E-state index contributed by atoms with van der Waals surface area (Å²) in [6.45, 7) is 0. The fraction of sp³-hybridized carbons (Fsp3) is 0.176. The van der Waals surface area contributed by atoms with E-state index in [1.54, 1.807) is 12.1 Å². The molecule has 1 aliphatic rings. The quantitative estimate of drug-likeness (QED) is 0.912. The molecular formula is C17H15ClN2O2. The summed E-state index contributed by atoms with van der Waals surface area (Å²) in [5.74, 6) is -0.0871. The molecule has 2 aromatic carbocycles. The standard InChI is InChI=1S/C17H15ClN2O2/c18-14-4-2-1-3-11(14)10-17(22)19-13-6-7-15-12(9-13)5-8-16(21)20-15/h1-4,6-7,9H,5,8,10H2,(H,19,22)(H,20,21). The summed E-state index contributed by atoms with van der Waals surface area (Å²) >= 11 is 6.06. The molecule has 0 radical (unpaired) electrons. The Morgan fingerprint density at radius 2 is 2.00 bits per heavy atom. The first-order chi connectivity index (χ1) is 10.6. The number of benzene rings is 2. The van der Waals surface area contributed by atoms with Crippen molar-refractivity contribution >= 4 is 34.8 Å². The molecule has 0 atom stereocenters. The Morgan fingerprint density at radius 3 is 2.82 bits per heavy atom. The van der Waals surface area contributed by atoms with Crippen molar-refractivity contribution in [2.45, 2.75) is 19.3 Å². The number of nitrogens with one attached hydrogen (secondary N) is 2. The molecule has 2 aromatic rings. The van der Waals surface area contributed by atoms with E-state index < -0.39 is 0 Å². The molecule has 0 unspecified atom stereocenters. The number of amides is 2. The van der Waals surface area contributed by atoms with E-state index in [1.165, 1.54) is 0 Å². The number of carbonyl (C=O) groups excluding carboxylic acids is 2. The molecule has 112 valence electrons. The lowest BCUT2D eigenvalue weighted by molar-refractivity contribution is -0.117. The molecule has 2 N–H and O–H groups in total. The van der Waals surface area contributed by atoms with Gasteiger partial charge < -0.3 is 10.6 Å². The van der Waals surface area contributed by atoms with Crippen molar-refractivity contribution in [1.29, 1.82) is 0 Å². The minimum atomic E-state index is -0.118. The summed E-state index contributed by atoms with van der Waals surface area (Å²) in [4.78, 5) is 23.4. The third-order valence-corrected chi connectivity index (χ3v) is 3.96. The summed E-state index contributed by atoms with van der Waals surface area (Å²) in [6, 6.07) is 12.8. The van der Waals surface area contributed by atoms with Crippen LogP contribution in [-0.4, -0.2) is 11.8 Å². The van der Waals surface area contributed by atoms with Crippen LogP contribution in [-0.2, 0) is 22.4 Å². The van der Waals surface area contributed by atoms with E-state index in [2.05, 4.69) is 10.6 Å². The highest BCUT2D eigenvalue weighted by Crippen LogP contribution is 2.26. The van der Waals surface area contributed by atoms with E-state index >= 15 is 0 Å². The van der Waals surface area contributed by atoms with Crippen LogP contribution in [0.25, 0.3) is 0 Å². The van der Waals surface area contributed by atoms with Gasteiger partial charge in [0.2, 0.25) is 11.8 Å². The number of anilines is 2. The Labute approximate surface area is 133 Å². The molecule has 0 aliphatic carbocycles. The molecule has 4 nitrogen and oxygen atoms in total. The van der Waals surface area contributed by atoms with Gasteiger partial charge in [0.15, 0.2) is 0 Å². The van der Waals surface area contributed by atoms with Crippen molar-refractivity contribution in [3.8, 4) is 0 Å². The van der Waals surface area contributed by atoms with Gasteiger partial charge in [-0.3, -0.25) is 9.59 Å². The second kappa shape index (κ2) is 6.20. The minimum Gasteiger partial charge on any atom is -0.326 e. The van der Waals surface area contributed by atoms with Crippen LogP contribution in [0.4, 0.5) is 11.4 Å². The number of carbonyl (C=O) groups is 2. The first-order valence-corrected chi connectivity index (χ1v) is 7.45. The Bertz CT molecular complexity index is 743. The molecular weight excluding hydrogens is 300 g/mol. The van der Waals surface area contributed by atoms with Crippen LogP contribution in [0.1, 0.15) is 17.5 Å². The van der Waals surface area contributed by atoms with Crippen LogP contribution in [0.2, 0.25) is 5.02 Å². The summed E-state index contributed by atoms with van der Waals surface area (Å²) in [6.07, 6.45) is 1.40. The fourth-order valence-electron chi connectivity index (χ4n) is 2.48. The third-order valence-electron chi connectivity index (χ3n) is 3.59. The van der Waals surface area contributed by atoms with Gasteiger partial charge in [0.05, 0.1) is 6.42 Å². The average Bonchev–Trinajstić information content (AvgIpc) is 2.50. The maximum atomic E-state index is 12.1. The van der Waals surface area contributed by atoms with Crippen LogP contribution in [0.3, 0.4) is 0 Å². The average molecular weight is 315 g/mol. The van der Waals surface area contributed by atoms with Crippen molar-refractivity contribution in [1.82, 2.24) is 0 Å². The Hall–Kier alpha value is -2.33.